The lowest BCUT2D eigenvalue weighted by Crippen LogP contribution is -2.53. The number of ether oxygens (including phenoxy) is 3. The van der Waals surface area contributed by atoms with Gasteiger partial charge in [-0.1, -0.05) is 18.2 Å². The van der Waals surface area contributed by atoms with Gasteiger partial charge in [-0.25, -0.2) is 4.39 Å². The molecule has 2 aromatic rings. The number of benzene rings is 2. The van der Waals surface area contributed by atoms with Crippen LogP contribution in [-0.2, 0) is 25.2 Å². The minimum atomic E-state index is -4.50. The predicted octanol–water partition coefficient (Wildman–Crippen LogP) is 6.19. The maximum absolute atomic E-state index is 17.4. The van der Waals surface area contributed by atoms with Crippen LogP contribution in [0.15, 0.2) is 42.5 Å². The van der Waals surface area contributed by atoms with E-state index >= 15 is 4.39 Å². The van der Waals surface area contributed by atoms with Gasteiger partial charge in [-0.05, 0) is 86.8 Å². The first-order chi connectivity index (χ1) is 23.5. The normalized spacial score (nSPS) is 25.1. The number of amides is 1. The summed E-state index contributed by atoms with van der Waals surface area (Å²) in [6.45, 7) is 5.22. The number of methoxy groups -OCH3 is 1. The van der Waals surface area contributed by atoms with Crippen LogP contribution in [0, 0.1) is 5.92 Å². The fourth-order valence-electron chi connectivity index (χ4n) is 8.21. The van der Waals surface area contributed by atoms with Crippen LogP contribution in [0.5, 0.6) is 5.75 Å². The van der Waals surface area contributed by atoms with E-state index in [1.807, 2.05) is 17.0 Å². The molecule has 49 heavy (non-hydrogen) atoms. The summed E-state index contributed by atoms with van der Waals surface area (Å²) < 4.78 is 75.0. The molecule has 0 unspecified atom stereocenters. The molecule has 4 heterocycles. The molecule has 8 nitrogen and oxygen atoms in total. The number of esters is 1. The van der Waals surface area contributed by atoms with E-state index in [-0.39, 0.29) is 37.0 Å². The van der Waals surface area contributed by atoms with Crippen LogP contribution in [0.2, 0.25) is 0 Å². The van der Waals surface area contributed by atoms with Gasteiger partial charge >= 0.3 is 12.1 Å². The molecular formula is C37H47F4N3O5. The van der Waals surface area contributed by atoms with Crippen molar-refractivity contribution in [3.05, 3.63) is 59.2 Å². The Hall–Kier alpha value is -3.38. The van der Waals surface area contributed by atoms with Gasteiger partial charge in [-0.15, -0.1) is 0 Å². The Morgan fingerprint density at radius 3 is 2.22 bits per heavy atom. The zero-order valence-corrected chi connectivity index (χ0v) is 28.4. The van der Waals surface area contributed by atoms with Crippen molar-refractivity contribution in [1.82, 2.24) is 9.80 Å². The SMILES string of the molecule is CCOC(=O)C1CCN(c2cc(C(F)(F)F)ccc2C2CCN(C(=O)[C@]3(F)CN(C4CCOCC4)C[C@H]3c3ccc(OC)cc3)CC2)CC1. The van der Waals surface area contributed by atoms with E-state index in [9.17, 15) is 22.8 Å². The van der Waals surface area contributed by atoms with Gasteiger partial charge < -0.3 is 24.0 Å². The molecule has 2 atom stereocenters. The zero-order valence-electron chi connectivity index (χ0n) is 28.4. The van der Waals surface area contributed by atoms with Gasteiger partial charge in [0.2, 0.25) is 5.67 Å². The van der Waals surface area contributed by atoms with E-state index in [0.29, 0.717) is 83.1 Å². The van der Waals surface area contributed by atoms with Gasteiger partial charge in [0, 0.05) is 70.1 Å². The van der Waals surface area contributed by atoms with Crippen molar-refractivity contribution in [1.29, 1.82) is 0 Å². The molecule has 2 aromatic carbocycles. The van der Waals surface area contributed by atoms with Crippen molar-refractivity contribution in [3.63, 3.8) is 0 Å². The first-order valence-electron chi connectivity index (χ1n) is 17.6. The summed E-state index contributed by atoms with van der Waals surface area (Å²) in [6.07, 6.45) is -0.892. The summed E-state index contributed by atoms with van der Waals surface area (Å²) in [4.78, 5) is 32.2. The smallest absolute Gasteiger partial charge is 0.416 e. The number of halogens is 4. The fraction of sp³-hybridized carbons (Fsp3) is 0.622. The average molecular weight is 690 g/mol. The molecule has 0 saturated carbocycles. The first-order valence-corrected chi connectivity index (χ1v) is 17.6. The lowest BCUT2D eigenvalue weighted by molar-refractivity contribution is -0.148. The number of hydrogen-bond donors (Lipinski definition) is 0. The third kappa shape index (κ3) is 7.55. The molecule has 1 amide bonds. The predicted molar refractivity (Wildman–Crippen MR) is 177 cm³/mol. The Bertz CT molecular complexity index is 1450. The number of alkyl halides is 4. The Morgan fingerprint density at radius 2 is 1.61 bits per heavy atom. The fourth-order valence-corrected chi connectivity index (χ4v) is 8.21. The highest BCUT2D eigenvalue weighted by Gasteiger charge is 2.56. The molecule has 0 radical (unpaired) electrons. The van der Waals surface area contributed by atoms with E-state index in [1.165, 1.54) is 6.07 Å². The van der Waals surface area contributed by atoms with Gasteiger partial charge in [0.05, 0.1) is 25.2 Å². The van der Waals surface area contributed by atoms with Crippen LogP contribution in [0.1, 0.15) is 74.0 Å². The van der Waals surface area contributed by atoms with E-state index in [2.05, 4.69) is 4.90 Å². The molecule has 4 fully saturated rings. The van der Waals surface area contributed by atoms with E-state index in [1.54, 1.807) is 37.1 Å². The molecular weight excluding hydrogens is 642 g/mol. The number of anilines is 1. The number of carbonyl (C=O) groups excluding carboxylic acids is 2. The minimum absolute atomic E-state index is 0.0118. The van der Waals surface area contributed by atoms with Crippen LogP contribution < -0.4 is 9.64 Å². The lowest BCUT2D eigenvalue weighted by atomic mass is 9.83. The minimum Gasteiger partial charge on any atom is -0.497 e. The third-order valence-electron chi connectivity index (χ3n) is 11.0. The van der Waals surface area contributed by atoms with Crippen molar-refractivity contribution in [2.24, 2.45) is 5.92 Å². The van der Waals surface area contributed by atoms with Gasteiger partial charge in [-0.2, -0.15) is 13.2 Å². The molecule has 0 bridgehead atoms. The molecule has 6 rings (SSSR count). The second kappa shape index (κ2) is 14.8. The van der Waals surface area contributed by atoms with Gasteiger partial charge in [-0.3, -0.25) is 14.5 Å². The van der Waals surface area contributed by atoms with Crippen LogP contribution in [0.25, 0.3) is 0 Å². The summed E-state index contributed by atoms with van der Waals surface area (Å²) in [5.41, 5.74) is -0.769. The number of rotatable bonds is 8. The summed E-state index contributed by atoms with van der Waals surface area (Å²) in [5.74, 6) is -1.14. The number of hydrogen-bond acceptors (Lipinski definition) is 7. The summed E-state index contributed by atoms with van der Waals surface area (Å²) >= 11 is 0. The second-order valence-corrected chi connectivity index (χ2v) is 13.8. The maximum Gasteiger partial charge on any atom is 0.416 e. The van der Waals surface area contributed by atoms with Crippen LogP contribution in [-0.4, -0.2) is 99.6 Å². The largest absolute Gasteiger partial charge is 0.497 e. The molecule has 4 aliphatic rings. The summed E-state index contributed by atoms with van der Waals surface area (Å²) in [7, 11) is 1.58. The molecule has 0 spiro atoms. The Kier molecular flexibility index (Phi) is 10.7. The Labute approximate surface area is 285 Å². The number of likely N-dealkylation sites (tertiary alicyclic amines) is 2. The molecule has 12 heteroatoms. The molecule has 0 aromatic heterocycles. The molecule has 0 N–H and O–H groups in total. The first kappa shape index (κ1) is 35.4. The van der Waals surface area contributed by atoms with Gasteiger partial charge in [0.25, 0.3) is 5.91 Å². The van der Waals surface area contributed by atoms with Crippen molar-refractivity contribution >= 4 is 17.6 Å². The lowest BCUT2D eigenvalue weighted by Gasteiger charge is -2.39. The van der Waals surface area contributed by atoms with E-state index < -0.39 is 29.2 Å². The number of carbonyl (C=O) groups is 2. The average Bonchev–Trinajstić information content (AvgIpc) is 3.49. The maximum atomic E-state index is 17.4. The van der Waals surface area contributed by atoms with Crippen LogP contribution in [0.3, 0.4) is 0 Å². The highest BCUT2D eigenvalue weighted by molar-refractivity contribution is 5.87. The molecule has 4 aliphatic heterocycles. The Morgan fingerprint density at radius 1 is 0.939 bits per heavy atom. The van der Waals surface area contributed by atoms with E-state index in [4.69, 9.17) is 14.2 Å². The van der Waals surface area contributed by atoms with Crippen molar-refractivity contribution in [2.45, 2.75) is 75.2 Å². The second-order valence-electron chi connectivity index (χ2n) is 13.8. The van der Waals surface area contributed by atoms with Gasteiger partial charge in [0.15, 0.2) is 0 Å². The quantitative estimate of drug-likeness (QED) is 0.242. The zero-order chi connectivity index (χ0) is 34.8. The summed E-state index contributed by atoms with van der Waals surface area (Å²) in [5, 5.41) is 0. The van der Waals surface area contributed by atoms with Crippen LogP contribution in [0.4, 0.5) is 23.2 Å². The highest BCUT2D eigenvalue weighted by Crippen LogP contribution is 2.45. The summed E-state index contributed by atoms with van der Waals surface area (Å²) in [6, 6.07) is 11.3. The van der Waals surface area contributed by atoms with Crippen molar-refractivity contribution in [3.8, 4) is 5.75 Å². The highest BCUT2D eigenvalue weighted by atomic mass is 19.4. The topological polar surface area (TPSA) is 71.6 Å². The Balaban J connectivity index is 1.19. The standard InChI is InChI=1S/C37H47F4N3O5/c1-3-49-34(45)27-12-16-42(17-13-27)33-22-28(37(39,40)41)6-9-31(33)25-10-18-43(19-11-25)35(46)36(38)24-44(29-14-20-48-21-15-29)23-32(36)26-4-7-30(47-2)8-5-26/h4-9,22,25,27,29,32H,3,10-21,23-24H2,1-2H3/t32-,36-/m0/s1. The molecule has 4 saturated heterocycles. The van der Waals surface area contributed by atoms with E-state index in [0.717, 1.165) is 30.0 Å². The van der Waals surface area contributed by atoms with Crippen LogP contribution >= 0.6 is 0 Å². The third-order valence-corrected chi connectivity index (χ3v) is 11.0. The van der Waals surface area contributed by atoms with Gasteiger partial charge in [0.1, 0.15) is 5.75 Å². The number of piperidine rings is 2. The van der Waals surface area contributed by atoms with Crippen molar-refractivity contribution in [2.75, 3.05) is 71.1 Å². The van der Waals surface area contributed by atoms with Crippen molar-refractivity contribution < 1.29 is 41.4 Å². The number of nitrogens with zero attached hydrogens (tertiary/aromatic N) is 3. The molecule has 268 valence electrons. The molecule has 0 aliphatic carbocycles. The monoisotopic (exact) mass is 689 g/mol.